The molecule has 1 N–H and O–H groups in total. The summed E-state index contributed by atoms with van der Waals surface area (Å²) < 4.78 is 39.2. The summed E-state index contributed by atoms with van der Waals surface area (Å²) in [4.78, 5) is 12.9. The maximum Gasteiger partial charge on any atom is 0.243 e. The number of aryl methyl sites for hydroxylation is 1. The highest BCUT2D eigenvalue weighted by atomic mass is 79.9. The van der Waals surface area contributed by atoms with Gasteiger partial charge in [-0.2, -0.15) is 4.31 Å². The molecule has 0 atom stereocenters. The van der Waals surface area contributed by atoms with Crippen molar-refractivity contribution >= 4 is 31.9 Å². The van der Waals surface area contributed by atoms with Crippen molar-refractivity contribution < 1.29 is 22.7 Å². The van der Waals surface area contributed by atoms with Crippen molar-refractivity contribution in [2.75, 3.05) is 20.8 Å². The van der Waals surface area contributed by atoms with Gasteiger partial charge in [0.15, 0.2) is 11.5 Å². The third-order valence-corrected chi connectivity index (χ3v) is 7.52. The van der Waals surface area contributed by atoms with E-state index >= 15 is 0 Å². The summed E-state index contributed by atoms with van der Waals surface area (Å²) in [5.74, 6) is 0.720. The first-order valence-electron chi connectivity index (χ1n) is 10.5. The van der Waals surface area contributed by atoms with Gasteiger partial charge in [-0.05, 0) is 54.4 Å². The fourth-order valence-electron chi connectivity index (χ4n) is 3.29. The number of nitrogens with one attached hydrogen (secondary N) is 1. The van der Waals surface area contributed by atoms with E-state index in [9.17, 15) is 13.2 Å². The number of methoxy groups -OCH3 is 2. The standard InChI is InChI=1S/C25H27BrN2O5S/c1-18-4-6-19(7-5-18)16-28(34(30,31)22-11-9-21(26)10-12-22)17-25(29)27-15-20-8-13-23(32-2)24(14-20)33-3/h4-14H,15-17H2,1-3H3,(H,27,29). The topological polar surface area (TPSA) is 84.9 Å². The summed E-state index contributed by atoms with van der Waals surface area (Å²) in [7, 11) is -0.821. The van der Waals surface area contributed by atoms with E-state index in [4.69, 9.17) is 9.47 Å². The molecule has 1 amide bonds. The van der Waals surface area contributed by atoms with E-state index in [-0.39, 0.29) is 24.5 Å². The average Bonchev–Trinajstić information content (AvgIpc) is 2.83. The Bertz CT molecular complexity index is 1230. The highest BCUT2D eigenvalue weighted by Gasteiger charge is 2.27. The normalized spacial score (nSPS) is 11.3. The number of nitrogens with zero attached hydrogens (tertiary/aromatic N) is 1. The monoisotopic (exact) mass is 546 g/mol. The van der Waals surface area contributed by atoms with Crippen LogP contribution in [0.1, 0.15) is 16.7 Å². The van der Waals surface area contributed by atoms with Gasteiger partial charge < -0.3 is 14.8 Å². The number of sulfonamides is 1. The molecule has 0 aliphatic heterocycles. The third-order valence-electron chi connectivity index (χ3n) is 5.19. The minimum atomic E-state index is -3.91. The second-order valence-electron chi connectivity index (χ2n) is 7.68. The SMILES string of the molecule is COc1ccc(CNC(=O)CN(Cc2ccc(C)cc2)S(=O)(=O)c2ccc(Br)cc2)cc1OC. The van der Waals surface area contributed by atoms with Gasteiger partial charge in [0, 0.05) is 17.6 Å². The van der Waals surface area contributed by atoms with Crippen LogP contribution in [0, 0.1) is 6.92 Å². The van der Waals surface area contributed by atoms with Crippen LogP contribution in [0.2, 0.25) is 0 Å². The predicted molar refractivity (Wildman–Crippen MR) is 134 cm³/mol. The maximum atomic E-state index is 13.4. The van der Waals surface area contributed by atoms with Crippen LogP contribution in [0.25, 0.3) is 0 Å². The van der Waals surface area contributed by atoms with Crippen molar-refractivity contribution in [1.82, 2.24) is 9.62 Å². The first-order chi connectivity index (χ1) is 16.2. The Kier molecular flexibility index (Phi) is 8.71. The lowest BCUT2D eigenvalue weighted by atomic mass is 10.1. The van der Waals surface area contributed by atoms with Crippen LogP contribution in [0.4, 0.5) is 0 Å². The average molecular weight is 547 g/mol. The maximum absolute atomic E-state index is 13.4. The highest BCUT2D eigenvalue weighted by Crippen LogP contribution is 2.27. The molecule has 0 unspecified atom stereocenters. The van der Waals surface area contributed by atoms with Gasteiger partial charge in [0.25, 0.3) is 0 Å². The molecule has 0 spiro atoms. The van der Waals surface area contributed by atoms with Crippen molar-refractivity contribution in [3.8, 4) is 11.5 Å². The molecule has 0 radical (unpaired) electrons. The van der Waals surface area contributed by atoms with E-state index in [0.717, 1.165) is 21.2 Å². The van der Waals surface area contributed by atoms with Gasteiger partial charge in [0.2, 0.25) is 15.9 Å². The van der Waals surface area contributed by atoms with Gasteiger partial charge in [-0.3, -0.25) is 4.79 Å². The molecule has 3 rings (SSSR count). The summed E-state index contributed by atoms with van der Waals surface area (Å²) in [5.41, 5.74) is 2.66. The van der Waals surface area contributed by atoms with Gasteiger partial charge in [0.1, 0.15) is 0 Å². The summed E-state index contributed by atoms with van der Waals surface area (Å²) >= 11 is 3.32. The highest BCUT2D eigenvalue weighted by molar-refractivity contribution is 9.10. The van der Waals surface area contributed by atoms with Gasteiger partial charge in [-0.15, -0.1) is 0 Å². The van der Waals surface area contributed by atoms with E-state index in [1.165, 1.54) is 23.5 Å². The summed E-state index contributed by atoms with van der Waals surface area (Å²) in [6, 6.07) is 19.2. The Labute approximate surface area is 208 Å². The number of carbonyl (C=O) groups excluding carboxylic acids is 1. The lowest BCUT2D eigenvalue weighted by molar-refractivity contribution is -0.121. The molecule has 180 valence electrons. The zero-order chi connectivity index (χ0) is 24.7. The first-order valence-corrected chi connectivity index (χ1v) is 12.7. The van der Waals surface area contributed by atoms with Crippen LogP contribution < -0.4 is 14.8 Å². The summed E-state index contributed by atoms with van der Waals surface area (Å²) in [6.45, 7) is 1.93. The lowest BCUT2D eigenvalue weighted by Crippen LogP contribution is -2.40. The van der Waals surface area contributed by atoms with Gasteiger partial charge in [-0.25, -0.2) is 8.42 Å². The van der Waals surface area contributed by atoms with Crippen molar-refractivity contribution in [2.45, 2.75) is 24.9 Å². The molecule has 0 saturated carbocycles. The van der Waals surface area contributed by atoms with E-state index in [0.29, 0.717) is 11.5 Å². The number of rotatable bonds is 10. The number of hydrogen-bond acceptors (Lipinski definition) is 5. The number of halogens is 1. The number of carbonyl (C=O) groups is 1. The Morgan fingerprint density at radius 2 is 1.53 bits per heavy atom. The number of amides is 1. The molecule has 0 aliphatic rings. The Morgan fingerprint density at radius 1 is 0.912 bits per heavy atom. The van der Waals surface area contributed by atoms with Crippen molar-refractivity contribution in [2.24, 2.45) is 0 Å². The molecule has 3 aromatic rings. The molecule has 7 nitrogen and oxygen atoms in total. The van der Waals surface area contributed by atoms with Crippen molar-refractivity contribution in [3.63, 3.8) is 0 Å². The zero-order valence-corrected chi connectivity index (χ0v) is 21.6. The van der Waals surface area contributed by atoms with Gasteiger partial charge in [0.05, 0.1) is 25.7 Å². The van der Waals surface area contributed by atoms with Crippen LogP contribution in [-0.4, -0.2) is 39.4 Å². The number of hydrogen-bond donors (Lipinski definition) is 1. The third kappa shape index (κ3) is 6.59. The molecule has 0 saturated heterocycles. The Balaban J connectivity index is 1.78. The second kappa shape index (κ2) is 11.5. The van der Waals surface area contributed by atoms with Crippen LogP contribution >= 0.6 is 15.9 Å². The summed E-state index contributed by atoms with van der Waals surface area (Å²) in [5, 5.41) is 2.80. The molecule has 0 heterocycles. The van der Waals surface area contributed by atoms with E-state index in [1.807, 2.05) is 37.3 Å². The molecule has 0 aliphatic carbocycles. The quantitative estimate of drug-likeness (QED) is 0.410. The molecule has 9 heteroatoms. The zero-order valence-electron chi connectivity index (χ0n) is 19.2. The number of ether oxygens (including phenoxy) is 2. The minimum Gasteiger partial charge on any atom is -0.493 e. The molecule has 0 aromatic heterocycles. The second-order valence-corrected chi connectivity index (χ2v) is 10.5. The molecule has 0 fully saturated rings. The molecule has 34 heavy (non-hydrogen) atoms. The molecule has 0 bridgehead atoms. The van der Waals surface area contributed by atoms with Crippen molar-refractivity contribution in [3.05, 3.63) is 87.9 Å². The van der Waals surface area contributed by atoms with Crippen LogP contribution in [-0.2, 0) is 27.9 Å². The van der Waals surface area contributed by atoms with Crippen LogP contribution in [0.5, 0.6) is 11.5 Å². The molecular formula is C25H27BrN2O5S. The van der Waals surface area contributed by atoms with Crippen LogP contribution in [0.15, 0.2) is 76.1 Å². The smallest absolute Gasteiger partial charge is 0.243 e. The van der Waals surface area contributed by atoms with Crippen LogP contribution in [0.3, 0.4) is 0 Å². The largest absolute Gasteiger partial charge is 0.493 e. The van der Waals surface area contributed by atoms with E-state index in [1.54, 1.807) is 31.4 Å². The summed E-state index contributed by atoms with van der Waals surface area (Å²) in [6.07, 6.45) is 0. The van der Waals surface area contributed by atoms with Gasteiger partial charge >= 0.3 is 0 Å². The lowest BCUT2D eigenvalue weighted by Gasteiger charge is -2.22. The van der Waals surface area contributed by atoms with Crippen molar-refractivity contribution in [1.29, 1.82) is 0 Å². The first kappa shape index (κ1) is 25.7. The Hall–Kier alpha value is -2.88. The molecular weight excluding hydrogens is 520 g/mol. The minimum absolute atomic E-state index is 0.0719. The molecule has 3 aromatic carbocycles. The van der Waals surface area contributed by atoms with Gasteiger partial charge in [-0.1, -0.05) is 51.8 Å². The van der Waals surface area contributed by atoms with E-state index in [2.05, 4.69) is 21.2 Å². The van der Waals surface area contributed by atoms with E-state index < -0.39 is 15.9 Å². The number of benzene rings is 3. The Morgan fingerprint density at radius 3 is 2.15 bits per heavy atom. The fourth-order valence-corrected chi connectivity index (χ4v) is 4.93. The fraction of sp³-hybridized carbons (Fsp3) is 0.240. The predicted octanol–water partition coefficient (Wildman–Crippen LogP) is 4.28.